The average molecular weight is 450 g/mol. The van der Waals surface area contributed by atoms with E-state index in [-0.39, 0.29) is 24.3 Å². The maximum atomic E-state index is 12.8. The van der Waals surface area contributed by atoms with Crippen molar-refractivity contribution in [3.63, 3.8) is 0 Å². The second-order valence-corrected chi connectivity index (χ2v) is 8.16. The molecule has 1 saturated heterocycles. The maximum Gasteiger partial charge on any atom is 0.289 e. The minimum atomic E-state index is -0.553. The number of hydrogen-bond donors (Lipinski definition) is 0. The van der Waals surface area contributed by atoms with Crippen LogP contribution in [0.5, 0.6) is 11.5 Å². The molecule has 0 saturated carbocycles. The normalized spacial score (nSPS) is 16.1. The number of terminal acetylenes is 1. The van der Waals surface area contributed by atoms with Crippen LogP contribution in [0.1, 0.15) is 11.1 Å². The third kappa shape index (κ3) is 4.81. The molecule has 0 aliphatic carbocycles. The first-order chi connectivity index (χ1) is 13.9. The van der Waals surface area contributed by atoms with Gasteiger partial charge < -0.3 is 9.47 Å². The summed E-state index contributed by atoms with van der Waals surface area (Å²) in [6.07, 6.45) is 5.54. The summed E-state index contributed by atoms with van der Waals surface area (Å²) in [5, 5.41) is -0.0138. The number of amides is 2. The molecule has 2 aromatic rings. The van der Waals surface area contributed by atoms with Crippen molar-refractivity contribution in [2.24, 2.45) is 0 Å². The Hall–Kier alpha value is -2.33. The van der Waals surface area contributed by atoms with Crippen LogP contribution >= 0.6 is 35.0 Å². The molecule has 0 N–H and O–H groups in total. The van der Waals surface area contributed by atoms with Crippen molar-refractivity contribution in [3.05, 3.63) is 57.6 Å². The summed E-state index contributed by atoms with van der Waals surface area (Å²) in [4.78, 5) is 26.4. The van der Waals surface area contributed by atoms with Crippen molar-refractivity contribution in [2.45, 2.75) is 18.2 Å². The first-order valence-electron chi connectivity index (χ1n) is 8.62. The molecule has 0 spiro atoms. The zero-order chi connectivity index (χ0) is 21.0. The second kappa shape index (κ2) is 9.45. The fraction of sp³-hybridized carbons (Fsp3) is 0.238. The molecule has 1 heterocycles. The van der Waals surface area contributed by atoms with Crippen LogP contribution in [-0.4, -0.2) is 35.0 Å². The highest BCUT2D eigenvalue weighted by atomic mass is 35.5. The monoisotopic (exact) mass is 449 g/mol. The summed E-state index contributed by atoms with van der Waals surface area (Å²) >= 11 is 13.4. The number of nitrogens with zero attached hydrogens (tertiary/aromatic N) is 1. The van der Waals surface area contributed by atoms with E-state index in [9.17, 15) is 9.59 Å². The van der Waals surface area contributed by atoms with E-state index in [0.717, 1.165) is 22.9 Å². The predicted octanol–water partition coefficient (Wildman–Crippen LogP) is 4.82. The summed E-state index contributed by atoms with van der Waals surface area (Å²) in [5.41, 5.74) is 1.47. The van der Waals surface area contributed by atoms with Gasteiger partial charge >= 0.3 is 0 Å². The number of benzene rings is 2. The molecule has 0 bridgehead atoms. The number of ether oxygens (including phenoxy) is 2. The maximum absolute atomic E-state index is 12.8. The predicted molar refractivity (Wildman–Crippen MR) is 115 cm³/mol. The molecule has 150 valence electrons. The van der Waals surface area contributed by atoms with Gasteiger partial charge in [0.1, 0.15) is 6.61 Å². The highest BCUT2D eigenvalue weighted by Gasteiger charge is 2.39. The van der Waals surface area contributed by atoms with Crippen LogP contribution in [0.4, 0.5) is 4.79 Å². The van der Waals surface area contributed by atoms with Crippen LogP contribution in [0.15, 0.2) is 36.4 Å². The van der Waals surface area contributed by atoms with Gasteiger partial charge in [-0.25, -0.2) is 0 Å². The Morgan fingerprint density at radius 1 is 1.21 bits per heavy atom. The average Bonchev–Trinajstić information content (AvgIpc) is 2.95. The zero-order valence-electron chi connectivity index (χ0n) is 15.5. The van der Waals surface area contributed by atoms with E-state index in [2.05, 4.69) is 5.92 Å². The Kier molecular flexibility index (Phi) is 6.96. The number of halogens is 2. The van der Waals surface area contributed by atoms with Crippen LogP contribution in [0.2, 0.25) is 10.0 Å². The van der Waals surface area contributed by atoms with Gasteiger partial charge in [-0.05, 0) is 35.7 Å². The van der Waals surface area contributed by atoms with E-state index in [4.69, 9.17) is 39.1 Å². The van der Waals surface area contributed by atoms with Gasteiger partial charge in [0.05, 0.1) is 23.9 Å². The van der Waals surface area contributed by atoms with Crippen molar-refractivity contribution in [3.8, 4) is 23.8 Å². The number of rotatable bonds is 7. The fourth-order valence-electron chi connectivity index (χ4n) is 2.93. The summed E-state index contributed by atoms with van der Waals surface area (Å²) in [7, 11) is 1.49. The molecular formula is C21H17Cl2NO4S. The molecule has 1 aliphatic heterocycles. The lowest BCUT2D eigenvalue weighted by atomic mass is 10.1. The molecule has 2 aromatic carbocycles. The topological polar surface area (TPSA) is 55.8 Å². The Morgan fingerprint density at radius 3 is 2.66 bits per heavy atom. The first-order valence-corrected chi connectivity index (χ1v) is 10.3. The molecule has 5 nitrogen and oxygen atoms in total. The zero-order valence-corrected chi connectivity index (χ0v) is 17.8. The largest absolute Gasteiger partial charge is 0.493 e. The molecule has 1 atom stereocenters. The smallest absolute Gasteiger partial charge is 0.289 e. The van der Waals surface area contributed by atoms with Crippen LogP contribution < -0.4 is 9.47 Å². The summed E-state index contributed by atoms with van der Waals surface area (Å²) in [6, 6.07) is 10.5. The highest BCUT2D eigenvalue weighted by Crippen LogP contribution is 2.38. The molecule has 2 amide bonds. The Bertz CT molecular complexity index is 989. The van der Waals surface area contributed by atoms with E-state index in [1.54, 1.807) is 30.3 Å². The molecule has 1 fully saturated rings. The molecule has 8 heteroatoms. The van der Waals surface area contributed by atoms with Crippen molar-refractivity contribution >= 4 is 46.1 Å². The second-order valence-electron chi connectivity index (χ2n) is 6.19. The van der Waals surface area contributed by atoms with E-state index in [0.29, 0.717) is 28.0 Å². The number of carbonyl (C=O) groups is 2. The molecule has 0 aromatic heterocycles. The third-order valence-electron chi connectivity index (χ3n) is 4.30. The van der Waals surface area contributed by atoms with E-state index >= 15 is 0 Å². The molecule has 0 radical (unpaired) electrons. The van der Waals surface area contributed by atoms with Gasteiger partial charge in [-0.15, -0.1) is 6.42 Å². The number of methoxy groups -OCH3 is 1. The molecule has 1 aliphatic rings. The molecular weight excluding hydrogens is 433 g/mol. The number of imide groups is 1. The SMILES string of the molecule is C#CCOc1c(Cl)cc(C[C@H]2SC(=O)N(Cc3ccccc3Cl)C2=O)cc1OC. The lowest BCUT2D eigenvalue weighted by Gasteiger charge is -2.16. The van der Waals surface area contributed by atoms with Crippen molar-refractivity contribution < 1.29 is 19.1 Å². The highest BCUT2D eigenvalue weighted by molar-refractivity contribution is 8.15. The van der Waals surface area contributed by atoms with Crippen LogP contribution in [-0.2, 0) is 17.8 Å². The number of thioether (sulfide) groups is 1. The van der Waals surface area contributed by atoms with Gasteiger partial charge in [0.25, 0.3) is 5.24 Å². The lowest BCUT2D eigenvalue weighted by molar-refractivity contribution is -0.127. The van der Waals surface area contributed by atoms with Gasteiger partial charge in [0.15, 0.2) is 11.5 Å². The number of hydrogen-bond acceptors (Lipinski definition) is 5. The van der Waals surface area contributed by atoms with Crippen LogP contribution in [0, 0.1) is 12.3 Å². The standard InChI is InChI=1S/C21H17Cl2NO4S/c1-3-8-28-19-16(23)9-13(10-17(19)27-2)11-18-20(25)24(21(26)29-18)12-14-6-4-5-7-15(14)22/h1,4-7,9-10,18H,8,11-12H2,2H3/t18-/m1/s1. The van der Waals surface area contributed by atoms with Gasteiger partial charge in [-0.3, -0.25) is 14.5 Å². The summed E-state index contributed by atoms with van der Waals surface area (Å²) in [5.74, 6) is 2.87. The van der Waals surface area contributed by atoms with E-state index in [1.807, 2.05) is 6.07 Å². The van der Waals surface area contributed by atoms with Gasteiger partial charge in [-0.1, -0.05) is 59.1 Å². The number of carbonyl (C=O) groups excluding carboxylic acids is 2. The fourth-order valence-corrected chi connectivity index (χ4v) is 4.44. The van der Waals surface area contributed by atoms with Crippen LogP contribution in [0.25, 0.3) is 0 Å². The third-order valence-corrected chi connectivity index (χ3v) is 6.03. The Morgan fingerprint density at radius 2 is 1.97 bits per heavy atom. The first kappa shape index (κ1) is 21.4. The Labute approximate surface area is 183 Å². The van der Waals surface area contributed by atoms with E-state index < -0.39 is 5.25 Å². The minimum absolute atomic E-state index is 0.0535. The minimum Gasteiger partial charge on any atom is -0.493 e. The molecule has 29 heavy (non-hydrogen) atoms. The summed E-state index contributed by atoms with van der Waals surface area (Å²) in [6.45, 7) is 0.196. The van der Waals surface area contributed by atoms with Crippen molar-refractivity contribution in [1.29, 1.82) is 0 Å². The van der Waals surface area contributed by atoms with E-state index in [1.165, 1.54) is 12.0 Å². The Balaban J connectivity index is 1.76. The van der Waals surface area contributed by atoms with Gasteiger partial charge in [-0.2, -0.15) is 0 Å². The van der Waals surface area contributed by atoms with Crippen molar-refractivity contribution in [1.82, 2.24) is 4.90 Å². The van der Waals surface area contributed by atoms with Crippen molar-refractivity contribution in [2.75, 3.05) is 13.7 Å². The van der Waals surface area contributed by atoms with Gasteiger partial charge in [0.2, 0.25) is 5.91 Å². The summed E-state index contributed by atoms with van der Waals surface area (Å²) < 4.78 is 10.8. The quantitative estimate of drug-likeness (QED) is 0.567. The lowest BCUT2D eigenvalue weighted by Crippen LogP contribution is -2.31. The van der Waals surface area contributed by atoms with Crippen LogP contribution in [0.3, 0.4) is 0 Å². The molecule has 3 rings (SSSR count). The van der Waals surface area contributed by atoms with Gasteiger partial charge in [0, 0.05) is 5.02 Å². The molecule has 0 unspecified atom stereocenters.